The molecule has 3 heterocycles. The van der Waals surface area contributed by atoms with Gasteiger partial charge in [-0.2, -0.15) is 9.37 Å². The van der Waals surface area contributed by atoms with Crippen LogP contribution >= 0.6 is 0 Å². The van der Waals surface area contributed by atoms with E-state index >= 15 is 0 Å². The van der Waals surface area contributed by atoms with Gasteiger partial charge in [-0.1, -0.05) is 0 Å². The summed E-state index contributed by atoms with van der Waals surface area (Å²) in [6.45, 7) is 1.68. The fourth-order valence-electron chi connectivity index (χ4n) is 3.29. The molecule has 2 aromatic heterocycles. The number of benzene rings is 1. The number of hydrogen-bond donors (Lipinski definition) is 2. The lowest BCUT2D eigenvalue weighted by molar-refractivity contribution is 0.397. The predicted molar refractivity (Wildman–Crippen MR) is 100 cm³/mol. The molecule has 1 unspecified atom stereocenters. The molecule has 4 rings (SSSR count). The molecule has 0 spiro atoms. The highest BCUT2D eigenvalue weighted by atomic mass is 19.2. The van der Waals surface area contributed by atoms with Crippen molar-refractivity contribution in [2.45, 2.75) is 13.0 Å². The van der Waals surface area contributed by atoms with Gasteiger partial charge in [-0.05, 0) is 30.7 Å². The predicted octanol–water partition coefficient (Wildman–Crippen LogP) is 3.27. The minimum Gasteiger partial charge on any atom is -0.481 e. The first-order valence-electron chi connectivity index (χ1n) is 8.79. The number of aryl methyl sites for hydroxylation is 1. The third-order valence-electron chi connectivity index (χ3n) is 4.75. The molecular formula is C19H15F4N5O2. The lowest BCUT2D eigenvalue weighted by Crippen LogP contribution is -2.22. The maximum atomic E-state index is 14.4. The van der Waals surface area contributed by atoms with Crippen molar-refractivity contribution in [3.8, 4) is 5.88 Å². The third-order valence-corrected chi connectivity index (χ3v) is 4.75. The van der Waals surface area contributed by atoms with E-state index in [1.807, 2.05) is 0 Å². The number of methoxy groups -OCH3 is 1. The van der Waals surface area contributed by atoms with E-state index in [2.05, 4.69) is 20.6 Å². The number of ether oxygens (including phenoxy) is 1. The maximum Gasteiger partial charge on any atom is 0.312 e. The molecule has 0 bridgehead atoms. The second-order valence-electron chi connectivity index (χ2n) is 6.58. The van der Waals surface area contributed by atoms with Gasteiger partial charge in [0.1, 0.15) is 0 Å². The zero-order valence-corrected chi connectivity index (χ0v) is 15.8. The zero-order chi connectivity index (χ0) is 21.6. The SMILES string of the molecule is COc1ccc(Nc2nc(=O)c(F)c3n2C(c2cc(F)c(F)c(F)c2)CN3)c(C)n1. The van der Waals surface area contributed by atoms with Crippen LogP contribution in [0.25, 0.3) is 0 Å². The van der Waals surface area contributed by atoms with Crippen molar-refractivity contribution in [2.75, 3.05) is 24.3 Å². The molecule has 2 N–H and O–H groups in total. The lowest BCUT2D eigenvalue weighted by Gasteiger charge is -2.20. The van der Waals surface area contributed by atoms with Gasteiger partial charge in [0.05, 0.1) is 24.5 Å². The largest absolute Gasteiger partial charge is 0.481 e. The first-order chi connectivity index (χ1) is 14.3. The summed E-state index contributed by atoms with van der Waals surface area (Å²) in [5.41, 5.74) is -0.127. The summed E-state index contributed by atoms with van der Waals surface area (Å²) in [5, 5.41) is 5.60. The lowest BCUT2D eigenvalue weighted by atomic mass is 10.1. The summed E-state index contributed by atoms with van der Waals surface area (Å²) >= 11 is 0. The fraction of sp³-hybridized carbons (Fsp3) is 0.211. The molecule has 1 aliphatic rings. The molecule has 0 amide bonds. The van der Waals surface area contributed by atoms with Gasteiger partial charge < -0.3 is 15.4 Å². The zero-order valence-electron chi connectivity index (χ0n) is 15.8. The Kier molecular flexibility index (Phi) is 4.80. The van der Waals surface area contributed by atoms with Gasteiger partial charge in [-0.25, -0.2) is 18.2 Å². The number of hydrogen-bond acceptors (Lipinski definition) is 6. The van der Waals surface area contributed by atoms with Crippen molar-refractivity contribution >= 4 is 17.5 Å². The Morgan fingerprint density at radius 3 is 2.47 bits per heavy atom. The van der Waals surface area contributed by atoms with Gasteiger partial charge in [-0.15, -0.1) is 0 Å². The smallest absolute Gasteiger partial charge is 0.312 e. The van der Waals surface area contributed by atoms with Crippen LogP contribution in [0.3, 0.4) is 0 Å². The van der Waals surface area contributed by atoms with Gasteiger partial charge in [0, 0.05) is 12.6 Å². The number of nitrogens with zero attached hydrogens (tertiary/aromatic N) is 3. The number of nitrogens with one attached hydrogen (secondary N) is 2. The highest BCUT2D eigenvalue weighted by Crippen LogP contribution is 2.35. The van der Waals surface area contributed by atoms with E-state index in [1.54, 1.807) is 19.1 Å². The Balaban J connectivity index is 1.84. The average molecular weight is 421 g/mol. The summed E-state index contributed by atoms with van der Waals surface area (Å²) in [6, 6.07) is 3.97. The maximum absolute atomic E-state index is 14.4. The van der Waals surface area contributed by atoms with Crippen LogP contribution in [0, 0.1) is 30.2 Å². The molecule has 30 heavy (non-hydrogen) atoms. The third kappa shape index (κ3) is 3.21. The minimum absolute atomic E-state index is 0.00108. The van der Waals surface area contributed by atoms with E-state index in [9.17, 15) is 22.4 Å². The number of fused-ring (bicyclic) bond motifs is 1. The molecule has 1 aromatic carbocycles. The standard InChI is InChI=1S/C19H15F4N5O2/c1-8-12(3-4-14(25-8)30-2)26-19-27-18(29)16(23)17-24-7-13(28(17)19)9-5-10(20)15(22)11(21)6-9/h3-6,13,24H,7H2,1-2H3,(H,26,27,29). The van der Waals surface area contributed by atoms with E-state index in [0.29, 0.717) is 17.3 Å². The summed E-state index contributed by atoms with van der Waals surface area (Å²) < 4.78 is 61.6. The first kappa shape index (κ1) is 19.7. The molecule has 0 fully saturated rings. The molecule has 0 saturated heterocycles. The number of anilines is 3. The summed E-state index contributed by atoms with van der Waals surface area (Å²) in [4.78, 5) is 19.9. The quantitative estimate of drug-likeness (QED) is 0.497. The normalized spacial score (nSPS) is 14.9. The Morgan fingerprint density at radius 2 is 1.83 bits per heavy atom. The van der Waals surface area contributed by atoms with Crippen LogP contribution in [0.15, 0.2) is 29.1 Å². The topological polar surface area (TPSA) is 81.1 Å². The average Bonchev–Trinajstić information content (AvgIpc) is 3.16. The Hall–Kier alpha value is -3.63. The Morgan fingerprint density at radius 1 is 1.13 bits per heavy atom. The molecule has 0 saturated carbocycles. The molecule has 0 radical (unpaired) electrons. The van der Waals surface area contributed by atoms with Crippen molar-refractivity contribution in [1.82, 2.24) is 14.5 Å². The van der Waals surface area contributed by atoms with Crippen molar-refractivity contribution in [3.63, 3.8) is 0 Å². The van der Waals surface area contributed by atoms with Gasteiger partial charge >= 0.3 is 5.56 Å². The van der Waals surface area contributed by atoms with Crippen LogP contribution in [0.5, 0.6) is 5.88 Å². The van der Waals surface area contributed by atoms with E-state index in [-0.39, 0.29) is 23.9 Å². The van der Waals surface area contributed by atoms with Crippen molar-refractivity contribution < 1.29 is 22.3 Å². The van der Waals surface area contributed by atoms with Crippen LogP contribution in [0.1, 0.15) is 17.3 Å². The van der Waals surface area contributed by atoms with Crippen LogP contribution in [-0.4, -0.2) is 28.2 Å². The number of rotatable bonds is 4. The van der Waals surface area contributed by atoms with Gasteiger partial charge in [0.25, 0.3) is 0 Å². The summed E-state index contributed by atoms with van der Waals surface area (Å²) in [7, 11) is 1.46. The monoisotopic (exact) mass is 421 g/mol. The van der Waals surface area contributed by atoms with Crippen LogP contribution in [-0.2, 0) is 0 Å². The van der Waals surface area contributed by atoms with Gasteiger partial charge in [0.2, 0.25) is 17.6 Å². The first-order valence-corrected chi connectivity index (χ1v) is 8.79. The molecule has 1 atom stereocenters. The highest BCUT2D eigenvalue weighted by Gasteiger charge is 2.31. The Labute approximate surface area is 167 Å². The van der Waals surface area contributed by atoms with Gasteiger partial charge in [-0.3, -0.25) is 9.36 Å². The van der Waals surface area contributed by atoms with Crippen LogP contribution < -0.4 is 20.9 Å². The molecule has 0 aliphatic carbocycles. The van der Waals surface area contributed by atoms with E-state index in [4.69, 9.17) is 4.74 Å². The van der Waals surface area contributed by atoms with Crippen molar-refractivity contribution in [1.29, 1.82) is 0 Å². The summed E-state index contributed by atoms with van der Waals surface area (Å²) in [6.07, 6.45) is 0. The number of aromatic nitrogens is 3. The molecule has 3 aromatic rings. The number of pyridine rings is 1. The van der Waals surface area contributed by atoms with E-state index < -0.39 is 34.9 Å². The second kappa shape index (κ2) is 7.32. The molecule has 1 aliphatic heterocycles. The van der Waals surface area contributed by atoms with Crippen LogP contribution in [0.2, 0.25) is 0 Å². The molecule has 11 heteroatoms. The van der Waals surface area contributed by atoms with Crippen LogP contribution in [0.4, 0.5) is 35.0 Å². The minimum atomic E-state index is -1.60. The van der Waals surface area contributed by atoms with E-state index in [0.717, 1.165) is 12.1 Å². The number of halogens is 4. The van der Waals surface area contributed by atoms with Gasteiger partial charge in [0.15, 0.2) is 23.3 Å². The highest BCUT2D eigenvalue weighted by molar-refractivity contribution is 5.60. The second-order valence-corrected chi connectivity index (χ2v) is 6.58. The molecule has 7 nitrogen and oxygen atoms in total. The molecular weight excluding hydrogens is 406 g/mol. The van der Waals surface area contributed by atoms with Crippen molar-refractivity contribution in [2.24, 2.45) is 0 Å². The summed E-state index contributed by atoms with van der Waals surface area (Å²) in [5.74, 6) is -5.42. The van der Waals surface area contributed by atoms with E-state index in [1.165, 1.54) is 11.7 Å². The molecule has 156 valence electrons. The van der Waals surface area contributed by atoms with Crippen molar-refractivity contribution in [3.05, 3.63) is 69.1 Å². The fourth-order valence-corrected chi connectivity index (χ4v) is 3.29. The Bertz CT molecular complexity index is 1190.